The quantitative estimate of drug-likeness (QED) is 0.216. The number of hydrogen-bond donors (Lipinski definition) is 4. The highest BCUT2D eigenvalue weighted by molar-refractivity contribution is 5.84. The van der Waals surface area contributed by atoms with Gasteiger partial charge >= 0.3 is 0 Å². The number of rotatable bonds is 6. The van der Waals surface area contributed by atoms with Crippen LogP contribution in [0.2, 0.25) is 0 Å². The Labute approximate surface area is 85.0 Å². The highest BCUT2D eigenvalue weighted by Gasteiger charge is 2.22. The first-order chi connectivity index (χ1) is 6.49. The first kappa shape index (κ1) is 13.2. The molecule has 84 valence electrons. The average molecular weight is 203 g/mol. The topological polar surface area (TPSA) is 90.9 Å². The van der Waals surface area contributed by atoms with E-state index in [4.69, 9.17) is 10.9 Å². The number of nitrogens with one attached hydrogen (secondary N) is 1. The molecule has 0 radical (unpaired) electrons. The molecule has 1 atom stereocenters. The van der Waals surface area contributed by atoms with E-state index < -0.39 is 5.60 Å². The largest absolute Gasteiger partial charge is 0.409 e. The van der Waals surface area contributed by atoms with E-state index in [9.17, 15) is 5.11 Å². The molecule has 1 unspecified atom stereocenters. The molecule has 0 aromatic carbocycles. The van der Waals surface area contributed by atoms with Crippen LogP contribution in [-0.4, -0.2) is 34.3 Å². The van der Waals surface area contributed by atoms with Gasteiger partial charge in [-0.25, -0.2) is 0 Å². The summed E-state index contributed by atoms with van der Waals surface area (Å²) in [5.74, 6) is 0.125. The van der Waals surface area contributed by atoms with Crippen molar-refractivity contribution in [2.75, 3.05) is 6.54 Å². The first-order valence-corrected chi connectivity index (χ1v) is 4.92. The van der Waals surface area contributed by atoms with Crippen LogP contribution in [0.15, 0.2) is 5.16 Å². The summed E-state index contributed by atoms with van der Waals surface area (Å²) in [6.45, 7) is 6.08. The molecule has 0 aliphatic rings. The van der Waals surface area contributed by atoms with Crippen molar-refractivity contribution in [3.05, 3.63) is 0 Å². The third-order valence-corrected chi connectivity index (χ3v) is 2.61. The van der Waals surface area contributed by atoms with Crippen molar-refractivity contribution >= 4 is 5.84 Å². The molecule has 0 heterocycles. The fraction of sp³-hybridized carbons (Fsp3) is 0.889. The summed E-state index contributed by atoms with van der Waals surface area (Å²) in [6.07, 6.45) is 1.36. The van der Waals surface area contributed by atoms with E-state index in [-0.39, 0.29) is 11.9 Å². The van der Waals surface area contributed by atoms with E-state index >= 15 is 0 Å². The Bertz CT molecular complexity index is 190. The number of nitrogens with two attached hydrogens (primary N) is 1. The van der Waals surface area contributed by atoms with Crippen molar-refractivity contribution < 1.29 is 10.3 Å². The highest BCUT2D eigenvalue weighted by Crippen LogP contribution is 2.12. The third kappa shape index (κ3) is 3.93. The lowest BCUT2D eigenvalue weighted by Crippen LogP contribution is -2.47. The van der Waals surface area contributed by atoms with Gasteiger partial charge in [-0.15, -0.1) is 0 Å². The van der Waals surface area contributed by atoms with E-state index in [2.05, 4.69) is 10.5 Å². The molecular formula is C9H21N3O2. The molecule has 5 N–H and O–H groups in total. The summed E-state index contributed by atoms with van der Waals surface area (Å²) in [5, 5.41) is 24.2. The molecule has 14 heavy (non-hydrogen) atoms. The molecule has 0 rings (SSSR count). The molecule has 0 aliphatic heterocycles. The summed E-state index contributed by atoms with van der Waals surface area (Å²) in [6, 6.07) is -0.232. The SMILES string of the molecule is CCC(O)(CC)CNC(C)C(N)=NO. The standard InChI is InChI=1S/C9H21N3O2/c1-4-9(13,5-2)6-11-7(3)8(10)12-14/h7,11,13-14H,4-6H2,1-3H3,(H2,10,12). The summed E-state index contributed by atoms with van der Waals surface area (Å²) < 4.78 is 0. The summed E-state index contributed by atoms with van der Waals surface area (Å²) in [7, 11) is 0. The van der Waals surface area contributed by atoms with Crippen LogP contribution in [0.1, 0.15) is 33.6 Å². The van der Waals surface area contributed by atoms with Crippen molar-refractivity contribution in [1.29, 1.82) is 0 Å². The molecule has 0 fully saturated rings. The maximum Gasteiger partial charge on any atom is 0.156 e. The van der Waals surface area contributed by atoms with Crippen LogP contribution < -0.4 is 11.1 Å². The second kappa shape index (κ2) is 5.82. The van der Waals surface area contributed by atoms with Crippen molar-refractivity contribution in [3.63, 3.8) is 0 Å². The molecule has 5 heteroatoms. The van der Waals surface area contributed by atoms with Gasteiger partial charge in [0.25, 0.3) is 0 Å². The van der Waals surface area contributed by atoms with Crippen molar-refractivity contribution in [1.82, 2.24) is 5.32 Å². The Kier molecular flexibility index (Phi) is 5.49. The average Bonchev–Trinajstić information content (AvgIpc) is 2.24. The predicted octanol–water partition coefficient (Wildman–Crippen LogP) is 0.262. The van der Waals surface area contributed by atoms with Crippen LogP contribution in [0, 0.1) is 0 Å². The van der Waals surface area contributed by atoms with Gasteiger partial charge in [0, 0.05) is 6.54 Å². The summed E-state index contributed by atoms with van der Waals surface area (Å²) in [4.78, 5) is 0. The van der Waals surface area contributed by atoms with Crippen molar-refractivity contribution in [3.8, 4) is 0 Å². The smallest absolute Gasteiger partial charge is 0.156 e. The molecule has 0 spiro atoms. The Morgan fingerprint density at radius 1 is 1.50 bits per heavy atom. The molecule has 0 amide bonds. The first-order valence-electron chi connectivity index (χ1n) is 4.92. The minimum atomic E-state index is -0.704. The Balaban J connectivity index is 4.04. The van der Waals surface area contributed by atoms with Gasteiger partial charge in [0.15, 0.2) is 5.84 Å². The Morgan fingerprint density at radius 2 is 2.00 bits per heavy atom. The second-order valence-corrected chi connectivity index (χ2v) is 3.56. The van der Waals surface area contributed by atoms with Crippen LogP contribution in [0.5, 0.6) is 0 Å². The van der Waals surface area contributed by atoms with Crippen molar-refractivity contribution in [2.24, 2.45) is 10.9 Å². The number of amidine groups is 1. The number of aliphatic hydroxyl groups is 1. The lowest BCUT2D eigenvalue weighted by atomic mass is 9.97. The summed E-state index contributed by atoms with van der Waals surface area (Å²) >= 11 is 0. The lowest BCUT2D eigenvalue weighted by Gasteiger charge is -2.27. The monoisotopic (exact) mass is 203 g/mol. The molecular weight excluding hydrogens is 182 g/mol. The zero-order valence-electron chi connectivity index (χ0n) is 9.12. The second-order valence-electron chi connectivity index (χ2n) is 3.56. The van der Waals surface area contributed by atoms with Gasteiger partial charge in [0.05, 0.1) is 11.6 Å². The number of hydrogen-bond acceptors (Lipinski definition) is 4. The Morgan fingerprint density at radius 3 is 2.36 bits per heavy atom. The highest BCUT2D eigenvalue weighted by atomic mass is 16.4. The van der Waals surface area contributed by atoms with Crippen LogP contribution in [0.25, 0.3) is 0 Å². The fourth-order valence-electron chi connectivity index (χ4n) is 1.03. The van der Waals surface area contributed by atoms with Crippen LogP contribution in [0.4, 0.5) is 0 Å². The van der Waals surface area contributed by atoms with Gasteiger partial charge in [0.2, 0.25) is 0 Å². The maximum absolute atomic E-state index is 9.93. The zero-order valence-corrected chi connectivity index (χ0v) is 9.12. The van der Waals surface area contributed by atoms with Gasteiger partial charge in [0.1, 0.15) is 0 Å². The normalized spacial score (nSPS) is 15.6. The maximum atomic E-state index is 9.93. The van der Waals surface area contributed by atoms with Gasteiger partial charge in [-0.1, -0.05) is 19.0 Å². The minimum Gasteiger partial charge on any atom is -0.409 e. The molecule has 0 aliphatic carbocycles. The molecule has 0 saturated carbocycles. The lowest BCUT2D eigenvalue weighted by molar-refractivity contribution is 0.0318. The van der Waals surface area contributed by atoms with Crippen LogP contribution >= 0.6 is 0 Å². The number of oxime groups is 1. The fourth-order valence-corrected chi connectivity index (χ4v) is 1.03. The number of nitrogens with zero attached hydrogens (tertiary/aromatic N) is 1. The molecule has 0 aromatic heterocycles. The minimum absolute atomic E-state index is 0.125. The third-order valence-electron chi connectivity index (χ3n) is 2.61. The van der Waals surface area contributed by atoms with E-state index in [1.165, 1.54) is 0 Å². The van der Waals surface area contributed by atoms with E-state index in [1.807, 2.05) is 13.8 Å². The van der Waals surface area contributed by atoms with Gasteiger partial charge in [-0.3, -0.25) is 0 Å². The van der Waals surface area contributed by atoms with Gasteiger partial charge in [-0.05, 0) is 19.8 Å². The van der Waals surface area contributed by atoms with Crippen molar-refractivity contribution in [2.45, 2.75) is 45.3 Å². The van der Waals surface area contributed by atoms with Crippen LogP contribution in [0.3, 0.4) is 0 Å². The van der Waals surface area contributed by atoms with Gasteiger partial charge < -0.3 is 21.4 Å². The molecule has 0 bridgehead atoms. The molecule has 0 saturated heterocycles. The molecule has 5 nitrogen and oxygen atoms in total. The Hall–Kier alpha value is -0.810. The predicted molar refractivity (Wildman–Crippen MR) is 56.4 cm³/mol. The zero-order chi connectivity index (χ0) is 11.2. The van der Waals surface area contributed by atoms with Gasteiger partial charge in [-0.2, -0.15) is 0 Å². The van der Waals surface area contributed by atoms with Crippen LogP contribution in [-0.2, 0) is 0 Å². The van der Waals surface area contributed by atoms with E-state index in [1.54, 1.807) is 6.92 Å². The van der Waals surface area contributed by atoms with E-state index in [0.717, 1.165) is 0 Å². The molecule has 0 aromatic rings. The van der Waals surface area contributed by atoms with E-state index in [0.29, 0.717) is 19.4 Å². The summed E-state index contributed by atoms with van der Waals surface area (Å²) in [5.41, 5.74) is 4.68.